The van der Waals surface area contributed by atoms with Gasteiger partial charge in [0.2, 0.25) is 0 Å². The molecule has 21 heavy (non-hydrogen) atoms. The highest BCUT2D eigenvalue weighted by atomic mass is 79.9. The van der Waals surface area contributed by atoms with E-state index in [0.717, 1.165) is 18.6 Å². The summed E-state index contributed by atoms with van der Waals surface area (Å²) in [7, 11) is 2.73. The maximum atomic E-state index is 13.8. The zero-order valence-corrected chi connectivity index (χ0v) is 14.3. The van der Waals surface area contributed by atoms with Crippen LogP contribution in [0, 0.1) is 5.82 Å². The summed E-state index contributed by atoms with van der Waals surface area (Å²) in [5.41, 5.74) is -0.371. The molecule has 0 spiro atoms. The maximum absolute atomic E-state index is 13.8. The third-order valence-corrected chi connectivity index (χ3v) is 4.87. The van der Waals surface area contributed by atoms with Crippen molar-refractivity contribution in [2.45, 2.75) is 17.7 Å². The van der Waals surface area contributed by atoms with Crippen LogP contribution in [-0.2, 0) is 13.8 Å². The normalized spacial score (nSPS) is 11.4. The van der Waals surface area contributed by atoms with E-state index in [0.29, 0.717) is 19.6 Å². The van der Waals surface area contributed by atoms with E-state index in [2.05, 4.69) is 21.2 Å². The topological polar surface area (TPSA) is 72.5 Å². The second-order valence-corrected chi connectivity index (χ2v) is 7.54. The first kappa shape index (κ1) is 18.3. The van der Waals surface area contributed by atoms with Gasteiger partial charge in [-0.1, -0.05) is 0 Å². The third-order valence-electron chi connectivity index (χ3n) is 2.59. The number of amides is 1. The third kappa shape index (κ3) is 5.54. The molecule has 5 nitrogen and oxygen atoms in total. The molecule has 1 amide bonds. The fraction of sp³-hybridized carbons (Fsp3) is 0.417. The van der Waals surface area contributed by atoms with Gasteiger partial charge in [0, 0.05) is 35.4 Å². The van der Waals surface area contributed by atoms with Gasteiger partial charge in [0.1, 0.15) is 5.82 Å². The minimum absolute atomic E-state index is 0.0355. The molecule has 118 valence electrons. The van der Waals surface area contributed by atoms with Crippen LogP contribution in [0.3, 0.4) is 0 Å². The Bertz CT molecular complexity index is 624. The fourth-order valence-electron chi connectivity index (χ4n) is 1.56. The molecule has 1 N–H and O–H groups in total. The number of halogens is 3. The van der Waals surface area contributed by atoms with Crippen LogP contribution >= 0.6 is 26.6 Å². The molecule has 0 saturated carbocycles. The average molecular weight is 403 g/mol. The van der Waals surface area contributed by atoms with Crippen molar-refractivity contribution >= 4 is 41.6 Å². The Balaban J connectivity index is 2.85. The van der Waals surface area contributed by atoms with Gasteiger partial charge >= 0.3 is 0 Å². The Hall–Kier alpha value is -0.700. The summed E-state index contributed by atoms with van der Waals surface area (Å²) in [5.74, 6) is -1.53. The van der Waals surface area contributed by atoms with Crippen molar-refractivity contribution in [2.24, 2.45) is 0 Å². The Labute approximate surface area is 135 Å². The van der Waals surface area contributed by atoms with Gasteiger partial charge in [-0.05, 0) is 40.9 Å². The molecule has 0 aliphatic rings. The average Bonchev–Trinajstić information content (AvgIpc) is 2.36. The first-order valence-corrected chi connectivity index (χ1v) is 9.08. The number of carbonyl (C=O) groups is 1. The minimum atomic E-state index is -4.08. The van der Waals surface area contributed by atoms with Crippen molar-refractivity contribution < 1.29 is 22.3 Å². The highest BCUT2D eigenvalue weighted by molar-refractivity contribution is 9.10. The number of ether oxygens (including phenoxy) is 1. The van der Waals surface area contributed by atoms with Crippen LogP contribution in [0.1, 0.15) is 23.2 Å². The first-order chi connectivity index (χ1) is 9.77. The van der Waals surface area contributed by atoms with E-state index in [9.17, 15) is 17.6 Å². The molecular formula is C12H14BrClFNO4S. The zero-order chi connectivity index (χ0) is 16.0. The van der Waals surface area contributed by atoms with E-state index < -0.39 is 20.8 Å². The van der Waals surface area contributed by atoms with Gasteiger partial charge in [-0.2, -0.15) is 0 Å². The standard InChI is InChI=1S/C12H14BrClFNO4S/c1-20-5-3-2-4-16-12(17)8-6-11(21(14,18)19)9(13)7-10(8)15/h6-7H,2-5H2,1H3,(H,16,17). The van der Waals surface area contributed by atoms with E-state index in [4.69, 9.17) is 15.4 Å². The molecule has 0 atom stereocenters. The largest absolute Gasteiger partial charge is 0.385 e. The second-order valence-electron chi connectivity index (χ2n) is 4.16. The van der Waals surface area contributed by atoms with E-state index in [1.807, 2.05) is 0 Å². The number of carbonyl (C=O) groups excluding carboxylic acids is 1. The summed E-state index contributed by atoms with van der Waals surface area (Å²) in [5, 5.41) is 2.51. The van der Waals surface area contributed by atoms with Gasteiger partial charge in [-0.25, -0.2) is 12.8 Å². The van der Waals surface area contributed by atoms with Crippen LogP contribution < -0.4 is 5.32 Å². The number of rotatable bonds is 7. The van der Waals surface area contributed by atoms with E-state index in [-0.39, 0.29) is 14.9 Å². The summed E-state index contributed by atoms with van der Waals surface area (Å²) >= 11 is 2.90. The molecule has 0 aromatic heterocycles. The lowest BCUT2D eigenvalue weighted by atomic mass is 10.2. The smallest absolute Gasteiger partial charge is 0.262 e. The van der Waals surface area contributed by atoms with Crippen molar-refractivity contribution in [2.75, 3.05) is 20.3 Å². The number of unbranched alkanes of at least 4 members (excludes halogenated alkanes) is 1. The molecule has 0 bridgehead atoms. The zero-order valence-electron chi connectivity index (χ0n) is 11.2. The predicted octanol–water partition coefficient (Wildman–Crippen LogP) is 2.67. The van der Waals surface area contributed by atoms with E-state index in [1.54, 1.807) is 7.11 Å². The monoisotopic (exact) mass is 401 g/mol. The van der Waals surface area contributed by atoms with Gasteiger partial charge in [0.15, 0.2) is 0 Å². The summed E-state index contributed by atoms with van der Waals surface area (Å²) in [6, 6.07) is 1.81. The Kier molecular flexibility index (Phi) is 7.05. The van der Waals surface area contributed by atoms with Crippen LogP contribution in [0.4, 0.5) is 4.39 Å². The highest BCUT2D eigenvalue weighted by Crippen LogP contribution is 2.28. The minimum Gasteiger partial charge on any atom is -0.385 e. The van der Waals surface area contributed by atoms with Crippen molar-refractivity contribution in [3.05, 3.63) is 28.0 Å². The van der Waals surface area contributed by atoms with Crippen molar-refractivity contribution in [1.29, 1.82) is 0 Å². The van der Waals surface area contributed by atoms with Crippen LogP contribution in [0.15, 0.2) is 21.5 Å². The van der Waals surface area contributed by atoms with Crippen LogP contribution in [0.25, 0.3) is 0 Å². The van der Waals surface area contributed by atoms with Crippen LogP contribution in [0.5, 0.6) is 0 Å². The summed E-state index contributed by atoms with van der Waals surface area (Å²) in [6.07, 6.45) is 1.42. The highest BCUT2D eigenvalue weighted by Gasteiger charge is 2.21. The molecular weight excluding hydrogens is 389 g/mol. The quantitative estimate of drug-likeness (QED) is 0.562. The molecule has 0 fully saturated rings. The molecule has 1 aromatic rings. The number of hydrogen-bond acceptors (Lipinski definition) is 4. The number of hydrogen-bond donors (Lipinski definition) is 1. The number of benzene rings is 1. The molecule has 0 unspecified atom stereocenters. The molecule has 1 aromatic carbocycles. The Morgan fingerprint density at radius 1 is 1.43 bits per heavy atom. The number of nitrogens with one attached hydrogen (secondary N) is 1. The van der Waals surface area contributed by atoms with Gasteiger partial charge in [0.05, 0.1) is 10.5 Å². The van der Waals surface area contributed by atoms with E-state index >= 15 is 0 Å². The summed E-state index contributed by atoms with van der Waals surface area (Å²) < 4.78 is 41.3. The molecule has 0 heterocycles. The second kappa shape index (κ2) is 8.07. The molecule has 9 heteroatoms. The van der Waals surface area contributed by atoms with Crippen LogP contribution in [0.2, 0.25) is 0 Å². The van der Waals surface area contributed by atoms with Crippen molar-refractivity contribution in [3.8, 4) is 0 Å². The van der Waals surface area contributed by atoms with Crippen molar-refractivity contribution in [3.63, 3.8) is 0 Å². The maximum Gasteiger partial charge on any atom is 0.262 e. The molecule has 0 radical (unpaired) electrons. The van der Waals surface area contributed by atoms with Crippen molar-refractivity contribution in [1.82, 2.24) is 5.32 Å². The summed E-state index contributed by atoms with van der Waals surface area (Å²) in [6.45, 7) is 0.901. The van der Waals surface area contributed by atoms with Gasteiger partial charge in [0.25, 0.3) is 15.0 Å². The van der Waals surface area contributed by atoms with Gasteiger partial charge in [-0.3, -0.25) is 4.79 Å². The molecule has 0 aliphatic carbocycles. The summed E-state index contributed by atoms with van der Waals surface area (Å²) in [4.78, 5) is 11.5. The molecule has 0 saturated heterocycles. The lowest BCUT2D eigenvalue weighted by Crippen LogP contribution is -2.25. The predicted molar refractivity (Wildman–Crippen MR) is 80.6 cm³/mol. The Morgan fingerprint density at radius 3 is 2.67 bits per heavy atom. The van der Waals surface area contributed by atoms with Gasteiger partial charge in [-0.15, -0.1) is 0 Å². The fourth-order valence-corrected chi connectivity index (χ4v) is 3.73. The molecule has 1 rings (SSSR count). The van der Waals surface area contributed by atoms with Crippen LogP contribution in [-0.4, -0.2) is 34.6 Å². The lowest BCUT2D eigenvalue weighted by Gasteiger charge is -2.08. The molecule has 0 aliphatic heterocycles. The van der Waals surface area contributed by atoms with Gasteiger partial charge < -0.3 is 10.1 Å². The first-order valence-electron chi connectivity index (χ1n) is 5.98. The SMILES string of the molecule is COCCCCNC(=O)c1cc(S(=O)(=O)Cl)c(Br)cc1F. The van der Waals surface area contributed by atoms with E-state index in [1.165, 1.54) is 0 Å². The lowest BCUT2D eigenvalue weighted by molar-refractivity contribution is 0.0947. The number of methoxy groups -OCH3 is 1. The Morgan fingerprint density at radius 2 is 2.10 bits per heavy atom.